The van der Waals surface area contributed by atoms with Crippen LogP contribution >= 0.6 is 11.8 Å². The summed E-state index contributed by atoms with van der Waals surface area (Å²) in [5, 5.41) is 11.4. The number of phenolic OH excluding ortho intramolecular Hbond substituents is 1. The van der Waals surface area contributed by atoms with E-state index in [-0.39, 0.29) is 5.75 Å². The average molecular weight is 333 g/mol. The highest BCUT2D eigenvalue weighted by atomic mass is 32.2. The molecular formula is C19H15N3OS. The maximum Gasteiger partial charge on any atom is 0.142 e. The van der Waals surface area contributed by atoms with Crippen LogP contribution in [0.5, 0.6) is 5.75 Å². The number of fused-ring (bicyclic) bond motifs is 1. The number of H-pyrrole nitrogens is 1. The lowest BCUT2D eigenvalue weighted by Crippen LogP contribution is -1.84. The van der Waals surface area contributed by atoms with Crippen molar-refractivity contribution in [1.82, 2.24) is 15.0 Å². The number of nitrogens with one attached hydrogen (secondary N) is 1. The van der Waals surface area contributed by atoms with E-state index in [4.69, 9.17) is 0 Å². The number of aromatic nitrogens is 3. The minimum atomic E-state index is 0.255. The van der Waals surface area contributed by atoms with Gasteiger partial charge in [0, 0.05) is 10.6 Å². The van der Waals surface area contributed by atoms with Crippen molar-refractivity contribution in [1.29, 1.82) is 0 Å². The number of nitrogens with zero attached hydrogens (tertiary/aromatic N) is 2. The molecule has 118 valence electrons. The first-order valence-corrected chi connectivity index (χ1v) is 8.38. The second kappa shape index (κ2) is 6.02. The van der Waals surface area contributed by atoms with Crippen molar-refractivity contribution in [3.63, 3.8) is 0 Å². The molecule has 4 aromatic rings. The van der Waals surface area contributed by atoms with Crippen LogP contribution in [0.3, 0.4) is 0 Å². The van der Waals surface area contributed by atoms with E-state index in [1.54, 1.807) is 30.2 Å². The Kier molecular flexibility index (Phi) is 3.70. The Bertz CT molecular complexity index is 1010. The maximum absolute atomic E-state index is 9.44. The molecule has 0 bridgehead atoms. The molecule has 4 nitrogen and oxygen atoms in total. The summed E-state index contributed by atoms with van der Waals surface area (Å²) in [6.07, 6.45) is 1.58. The topological polar surface area (TPSA) is 61.8 Å². The highest BCUT2D eigenvalue weighted by molar-refractivity contribution is 7.99. The van der Waals surface area contributed by atoms with Crippen molar-refractivity contribution in [2.24, 2.45) is 0 Å². The zero-order valence-electron chi connectivity index (χ0n) is 13.0. The molecule has 4 rings (SSSR count). The van der Waals surface area contributed by atoms with E-state index >= 15 is 0 Å². The van der Waals surface area contributed by atoms with Crippen LogP contribution in [0.4, 0.5) is 0 Å². The van der Waals surface area contributed by atoms with Crippen LogP contribution in [0.1, 0.15) is 5.56 Å². The third-order valence-corrected chi connectivity index (χ3v) is 4.78. The van der Waals surface area contributed by atoms with Crippen LogP contribution in [0.2, 0.25) is 0 Å². The fraction of sp³-hybridized carbons (Fsp3) is 0.0526. The van der Waals surface area contributed by atoms with Gasteiger partial charge in [-0.05, 0) is 55.0 Å². The van der Waals surface area contributed by atoms with Gasteiger partial charge in [-0.25, -0.2) is 9.97 Å². The monoisotopic (exact) mass is 333 g/mol. The van der Waals surface area contributed by atoms with Crippen LogP contribution in [0.15, 0.2) is 70.8 Å². The molecule has 0 amide bonds. The second-order valence-corrected chi connectivity index (χ2v) is 6.65. The Hall–Kier alpha value is -2.79. The molecule has 0 aliphatic rings. The van der Waals surface area contributed by atoms with E-state index in [0.717, 1.165) is 32.2 Å². The van der Waals surface area contributed by atoms with Crippen molar-refractivity contribution in [3.8, 4) is 17.0 Å². The van der Waals surface area contributed by atoms with Gasteiger partial charge in [0.2, 0.25) is 0 Å². The lowest BCUT2D eigenvalue weighted by Gasteiger charge is -2.02. The van der Waals surface area contributed by atoms with Gasteiger partial charge in [-0.2, -0.15) is 0 Å². The number of hydrogen-bond acceptors (Lipinski definition) is 4. The predicted octanol–water partition coefficient (Wildman–Crippen LogP) is 4.79. The second-order valence-electron chi connectivity index (χ2n) is 5.59. The van der Waals surface area contributed by atoms with Crippen LogP contribution < -0.4 is 0 Å². The molecule has 0 radical (unpaired) electrons. The number of aromatic amines is 1. The minimum absolute atomic E-state index is 0.255. The Labute approximate surface area is 143 Å². The summed E-state index contributed by atoms with van der Waals surface area (Å²) < 4.78 is 0. The standard InChI is InChI=1S/C19H15N3OS/c1-12-3-2-4-15(9-12)24-19-16-10-17(22-18(16)20-11-21-19)13-5-7-14(23)8-6-13/h2-11,23H,1H3,(H,20,21,22). The van der Waals surface area contributed by atoms with E-state index in [1.807, 2.05) is 12.1 Å². The van der Waals surface area contributed by atoms with Crippen molar-refractivity contribution in [3.05, 3.63) is 66.5 Å². The number of aryl methyl sites for hydroxylation is 1. The molecule has 24 heavy (non-hydrogen) atoms. The van der Waals surface area contributed by atoms with E-state index in [2.05, 4.69) is 52.2 Å². The normalized spacial score (nSPS) is 11.0. The van der Waals surface area contributed by atoms with Crippen LogP contribution in [-0.2, 0) is 0 Å². The largest absolute Gasteiger partial charge is 0.508 e. The molecule has 0 saturated carbocycles. The number of aromatic hydroxyl groups is 1. The molecule has 0 saturated heterocycles. The average Bonchev–Trinajstić information content (AvgIpc) is 3.01. The quantitative estimate of drug-likeness (QED) is 0.529. The molecule has 2 N–H and O–H groups in total. The highest BCUT2D eigenvalue weighted by Gasteiger charge is 2.10. The summed E-state index contributed by atoms with van der Waals surface area (Å²) >= 11 is 1.63. The van der Waals surface area contributed by atoms with Gasteiger partial charge in [-0.15, -0.1) is 0 Å². The van der Waals surface area contributed by atoms with Gasteiger partial charge < -0.3 is 10.1 Å². The van der Waals surface area contributed by atoms with Crippen LogP contribution in [0.25, 0.3) is 22.3 Å². The van der Waals surface area contributed by atoms with E-state index in [0.29, 0.717) is 0 Å². The highest BCUT2D eigenvalue weighted by Crippen LogP contribution is 2.33. The van der Waals surface area contributed by atoms with Crippen molar-refractivity contribution in [2.75, 3.05) is 0 Å². The van der Waals surface area contributed by atoms with Gasteiger partial charge in [0.1, 0.15) is 22.7 Å². The van der Waals surface area contributed by atoms with E-state index in [1.165, 1.54) is 5.56 Å². The molecule has 0 aliphatic carbocycles. The zero-order chi connectivity index (χ0) is 16.5. The van der Waals surface area contributed by atoms with E-state index in [9.17, 15) is 5.11 Å². The molecule has 0 spiro atoms. The summed E-state index contributed by atoms with van der Waals surface area (Å²) in [5.41, 5.74) is 3.99. The zero-order valence-corrected chi connectivity index (χ0v) is 13.8. The van der Waals surface area contributed by atoms with Gasteiger partial charge in [-0.3, -0.25) is 0 Å². The lowest BCUT2D eigenvalue weighted by atomic mass is 10.1. The molecule has 0 fully saturated rings. The first kappa shape index (κ1) is 14.8. The van der Waals surface area contributed by atoms with Crippen molar-refractivity contribution in [2.45, 2.75) is 16.8 Å². The fourth-order valence-corrected chi connectivity index (χ4v) is 3.57. The first-order chi connectivity index (χ1) is 11.7. The van der Waals surface area contributed by atoms with Gasteiger partial charge in [0.25, 0.3) is 0 Å². The molecule has 2 aromatic heterocycles. The van der Waals surface area contributed by atoms with Gasteiger partial charge >= 0.3 is 0 Å². The Balaban J connectivity index is 1.76. The number of hydrogen-bond donors (Lipinski definition) is 2. The number of benzene rings is 2. The molecule has 0 atom stereocenters. The summed E-state index contributed by atoms with van der Waals surface area (Å²) in [4.78, 5) is 13.3. The first-order valence-electron chi connectivity index (χ1n) is 7.57. The molecule has 5 heteroatoms. The van der Waals surface area contributed by atoms with Crippen molar-refractivity contribution >= 4 is 22.8 Å². The molecular weight excluding hydrogens is 318 g/mol. The summed E-state index contributed by atoms with van der Waals surface area (Å²) in [7, 11) is 0. The predicted molar refractivity (Wildman–Crippen MR) is 96.3 cm³/mol. The van der Waals surface area contributed by atoms with Crippen molar-refractivity contribution < 1.29 is 5.11 Å². The lowest BCUT2D eigenvalue weighted by molar-refractivity contribution is 0.475. The third kappa shape index (κ3) is 2.86. The summed E-state index contributed by atoms with van der Waals surface area (Å²) in [6, 6.07) is 17.5. The number of phenols is 1. The maximum atomic E-state index is 9.44. The SMILES string of the molecule is Cc1cccc(Sc2ncnc3[nH]c(-c4ccc(O)cc4)cc23)c1. The Morgan fingerprint density at radius 3 is 2.62 bits per heavy atom. The summed E-state index contributed by atoms with van der Waals surface area (Å²) in [5.74, 6) is 0.255. The van der Waals surface area contributed by atoms with Gasteiger partial charge in [0.15, 0.2) is 0 Å². The Morgan fingerprint density at radius 2 is 1.83 bits per heavy atom. The molecule has 2 aromatic carbocycles. The van der Waals surface area contributed by atoms with Gasteiger partial charge in [-0.1, -0.05) is 29.5 Å². The minimum Gasteiger partial charge on any atom is -0.508 e. The smallest absolute Gasteiger partial charge is 0.142 e. The van der Waals surface area contributed by atoms with Crippen LogP contribution in [0, 0.1) is 6.92 Å². The van der Waals surface area contributed by atoms with Gasteiger partial charge in [0.05, 0.1) is 5.39 Å². The molecule has 0 unspecified atom stereocenters. The summed E-state index contributed by atoms with van der Waals surface area (Å²) in [6.45, 7) is 2.08. The fourth-order valence-electron chi connectivity index (χ4n) is 2.59. The van der Waals surface area contributed by atoms with Crippen LogP contribution in [-0.4, -0.2) is 20.1 Å². The molecule has 2 heterocycles. The number of rotatable bonds is 3. The third-order valence-electron chi connectivity index (χ3n) is 3.77. The molecule has 0 aliphatic heterocycles. The van der Waals surface area contributed by atoms with E-state index < -0.39 is 0 Å². The Morgan fingerprint density at radius 1 is 1.00 bits per heavy atom.